The van der Waals surface area contributed by atoms with Gasteiger partial charge in [-0.1, -0.05) is 96.4 Å². The lowest BCUT2D eigenvalue weighted by Crippen LogP contribution is -1.98. The van der Waals surface area contributed by atoms with E-state index < -0.39 is 0 Å². The topological polar surface area (TPSA) is 17.1 Å². The van der Waals surface area contributed by atoms with E-state index in [-0.39, 0.29) is 0 Å². The molecule has 0 spiro atoms. The Morgan fingerprint density at radius 3 is 2.21 bits per heavy atom. The molecule has 0 bridgehead atoms. The number of hydrogen-bond acceptors (Lipinski definition) is 3. The van der Waals surface area contributed by atoms with E-state index in [9.17, 15) is 4.79 Å². The molecule has 0 N–H and O–H groups in total. The molecule has 0 amide bonds. The molecular weight excluding hydrogens is 452 g/mol. The predicted octanol–water partition coefficient (Wildman–Crippen LogP) is 11.0. The van der Waals surface area contributed by atoms with Crippen molar-refractivity contribution in [2.75, 3.05) is 0 Å². The largest absolute Gasteiger partial charge is 0.294 e. The van der Waals surface area contributed by atoms with Crippen LogP contribution in [0.25, 0.3) is 29.6 Å². The molecule has 2 aromatic heterocycles. The molecule has 0 saturated heterocycles. The van der Waals surface area contributed by atoms with Gasteiger partial charge in [-0.25, -0.2) is 0 Å². The van der Waals surface area contributed by atoms with Crippen molar-refractivity contribution in [2.45, 2.75) is 97.8 Å². The van der Waals surface area contributed by atoms with Crippen LogP contribution in [0, 0.1) is 5.92 Å². The zero-order valence-electron chi connectivity index (χ0n) is 21.3. The summed E-state index contributed by atoms with van der Waals surface area (Å²) in [5.74, 6) is 1.17. The smallest absolute Gasteiger partial charge is 0.162 e. The van der Waals surface area contributed by atoms with Crippen molar-refractivity contribution in [1.29, 1.82) is 0 Å². The third-order valence-electron chi connectivity index (χ3n) is 7.34. The number of ketones is 1. The Labute approximate surface area is 213 Å². The van der Waals surface area contributed by atoms with Crippen LogP contribution in [0.4, 0.5) is 0 Å². The molecule has 0 aliphatic rings. The van der Waals surface area contributed by atoms with E-state index >= 15 is 0 Å². The first kappa shape index (κ1) is 25.4. The van der Waals surface area contributed by atoms with Crippen LogP contribution >= 0.6 is 22.7 Å². The molecule has 34 heavy (non-hydrogen) atoms. The first-order chi connectivity index (χ1) is 16.6. The number of carbonyl (C=O) groups is 1. The number of rotatable bonds is 14. The number of carbonyl (C=O) groups excluding carboxylic acids is 1. The molecule has 0 radical (unpaired) electrons. The van der Waals surface area contributed by atoms with Crippen LogP contribution in [0.15, 0.2) is 36.4 Å². The third-order valence-corrected chi connectivity index (χ3v) is 9.84. The predicted molar refractivity (Wildman–Crippen MR) is 154 cm³/mol. The molecule has 0 aliphatic heterocycles. The molecule has 1 nitrogen and oxygen atoms in total. The molecule has 2 aromatic carbocycles. The summed E-state index contributed by atoms with van der Waals surface area (Å²) in [5, 5.41) is 2.69. The highest BCUT2D eigenvalue weighted by atomic mass is 32.1. The summed E-state index contributed by atoms with van der Waals surface area (Å²) in [6.45, 7) is 6.89. The first-order valence-electron chi connectivity index (χ1n) is 13.5. The molecule has 0 saturated carbocycles. The highest BCUT2D eigenvalue weighted by Gasteiger charge is 2.14. The summed E-state index contributed by atoms with van der Waals surface area (Å²) >= 11 is 3.78. The van der Waals surface area contributed by atoms with Crippen LogP contribution in [0.1, 0.15) is 107 Å². The zero-order valence-corrected chi connectivity index (χ0v) is 22.9. The van der Waals surface area contributed by atoms with Crippen LogP contribution < -0.4 is 0 Å². The fraction of sp³-hybridized carbons (Fsp3) is 0.516. The summed E-state index contributed by atoms with van der Waals surface area (Å²) in [4.78, 5) is 12.7. The Morgan fingerprint density at radius 1 is 0.794 bits per heavy atom. The summed E-state index contributed by atoms with van der Waals surface area (Å²) in [6, 6.07) is 13.5. The number of benzene rings is 2. The Bertz CT molecular complexity index is 1230. The van der Waals surface area contributed by atoms with E-state index in [2.05, 4.69) is 57.2 Å². The van der Waals surface area contributed by atoms with Gasteiger partial charge in [0.05, 0.1) is 9.40 Å². The number of hydrogen-bond donors (Lipinski definition) is 0. The summed E-state index contributed by atoms with van der Waals surface area (Å²) in [6.07, 6.45) is 14.5. The van der Waals surface area contributed by atoms with E-state index in [1.807, 2.05) is 22.7 Å². The highest BCUT2D eigenvalue weighted by molar-refractivity contribution is 7.36. The fourth-order valence-corrected chi connectivity index (χ4v) is 7.62. The van der Waals surface area contributed by atoms with Gasteiger partial charge in [-0.2, -0.15) is 0 Å². The average molecular weight is 493 g/mol. The van der Waals surface area contributed by atoms with Gasteiger partial charge in [-0.05, 0) is 42.9 Å². The quantitative estimate of drug-likeness (QED) is 0.126. The van der Waals surface area contributed by atoms with E-state index in [0.717, 1.165) is 17.9 Å². The minimum absolute atomic E-state index is 0.300. The van der Waals surface area contributed by atoms with Crippen molar-refractivity contribution < 1.29 is 4.79 Å². The van der Waals surface area contributed by atoms with Crippen LogP contribution in [0.2, 0.25) is 0 Å². The van der Waals surface area contributed by atoms with Gasteiger partial charge in [0.25, 0.3) is 0 Å². The Balaban J connectivity index is 1.43. The summed E-state index contributed by atoms with van der Waals surface area (Å²) in [5.41, 5.74) is 2.36. The second-order valence-electron chi connectivity index (χ2n) is 10.1. The van der Waals surface area contributed by atoms with Crippen LogP contribution in [-0.2, 0) is 6.42 Å². The molecule has 0 aliphatic carbocycles. The highest BCUT2D eigenvalue weighted by Crippen LogP contribution is 2.44. The maximum atomic E-state index is 12.7. The first-order valence-corrected chi connectivity index (χ1v) is 15.1. The van der Waals surface area contributed by atoms with Crippen molar-refractivity contribution in [3.8, 4) is 0 Å². The SMILES string of the molecule is CCCCCCCC(=O)c1ccc2c(c1)sc1c3ccc(CCCCC[C@@H](C)CC)cc3sc21. The van der Waals surface area contributed by atoms with E-state index in [1.165, 1.54) is 99.3 Å². The van der Waals surface area contributed by atoms with Crippen molar-refractivity contribution in [1.82, 2.24) is 0 Å². The fourth-order valence-electron chi connectivity index (χ4n) is 4.87. The molecule has 182 valence electrons. The maximum absolute atomic E-state index is 12.7. The number of Topliss-reactive ketones (excluding diaryl/α,β-unsaturated/α-hetero) is 1. The number of unbranched alkanes of at least 4 members (excludes halogenated alkanes) is 6. The zero-order chi connectivity index (χ0) is 23.9. The molecule has 0 fully saturated rings. The van der Waals surface area contributed by atoms with Crippen molar-refractivity contribution in [3.05, 3.63) is 47.5 Å². The number of fused-ring (bicyclic) bond motifs is 5. The van der Waals surface area contributed by atoms with Gasteiger partial charge in [-0.15, -0.1) is 22.7 Å². The van der Waals surface area contributed by atoms with Gasteiger partial charge in [0.2, 0.25) is 0 Å². The van der Waals surface area contributed by atoms with Crippen LogP contribution in [-0.4, -0.2) is 5.78 Å². The second-order valence-corrected chi connectivity index (χ2v) is 12.2. The summed E-state index contributed by atoms with van der Waals surface area (Å²) in [7, 11) is 0. The van der Waals surface area contributed by atoms with Crippen molar-refractivity contribution in [2.24, 2.45) is 5.92 Å². The normalized spacial score (nSPS) is 12.8. The third kappa shape index (κ3) is 6.10. The number of thiophene rings is 2. The summed E-state index contributed by atoms with van der Waals surface area (Å²) < 4.78 is 5.44. The van der Waals surface area contributed by atoms with Crippen LogP contribution in [0.3, 0.4) is 0 Å². The average Bonchev–Trinajstić information content (AvgIpc) is 3.38. The Hall–Kier alpha value is -1.71. The molecule has 0 unspecified atom stereocenters. The lowest BCUT2D eigenvalue weighted by molar-refractivity contribution is 0.0979. The molecule has 2 heterocycles. The number of aryl methyl sites for hydroxylation is 1. The van der Waals surface area contributed by atoms with E-state index in [4.69, 9.17) is 0 Å². The van der Waals surface area contributed by atoms with Gasteiger partial charge in [-0.3, -0.25) is 4.79 Å². The lowest BCUT2D eigenvalue weighted by atomic mass is 9.99. The second kappa shape index (κ2) is 12.3. The van der Waals surface area contributed by atoms with Crippen molar-refractivity contribution in [3.63, 3.8) is 0 Å². The van der Waals surface area contributed by atoms with Crippen molar-refractivity contribution >= 4 is 58.0 Å². The molecule has 4 aromatic rings. The minimum atomic E-state index is 0.300. The van der Waals surface area contributed by atoms with Gasteiger partial charge in [0.1, 0.15) is 0 Å². The van der Waals surface area contributed by atoms with Gasteiger partial charge >= 0.3 is 0 Å². The Morgan fingerprint density at radius 2 is 1.47 bits per heavy atom. The van der Waals surface area contributed by atoms with Gasteiger partial charge in [0, 0.05) is 32.2 Å². The van der Waals surface area contributed by atoms with E-state index in [1.54, 1.807) is 0 Å². The molecule has 1 atom stereocenters. The molecule has 3 heteroatoms. The van der Waals surface area contributed by atoms with Gasteiger partial charge < -0.3 is 0 Å². The molecular formula is C31H40OS2. The van der Waals surface area contributed by atoms with E-state index in [0.29, 0.717) is 12.2 Å². The monoisotopic (exact) mass is 492 g/mol. The van der Waals surface area contributed by atoms with Gasteiger partial charge in [0.15, 0.2) is 5.78 Å². The lowest BCUT2D eigenvalue weighted by Gasteiger charge is -2.07. The minimum Gasteiger partial charge on any atom is -0.294 e. The van der Waals surface area contributed by atoms with Crippen LogP contribution in [0.5, 0.6) is 0 Å². The molecule has 4 rings (SSSR count). The standard InChI is InChI=1S/C31H40OS2/c1-4-6-7-8-12-15-27(32)24-17-19-26-29(21-24)34-30-25-18-16-23(20-28(25)33-31(26)30)14-11-9-10-13-22(3)5-2/h16-22H,4-15H2,1-3H3/t22-/m0/s1. The Kier molecular flexibility index (Phi) is 9.19. The maximum Gasteiger partial charge on any atom is 0.162 e.